The van der Waals surface area contributed by atoms with Crippen molar-refractivity contribution in [1.82, 2.24) is 4.90 Å². The van der Waals surface area contributed by atoms with Crippen LogP contribution in [-0.4, -0.2) is 34.0 Å². The third-order valence-electron chi connectivity index (χ3n) is 3.57. The van der Waals surface area contributed by atoms with E-state index in [0.717, 1.165) is 43.8 Å². The molecular formula is C14H20N2O2. The Bertz CT molecular complexity index is 432. The predicted octanol–water partition coefficient (Wildman–Crippen LogP) is 2.45. The van der Waals surface area contributed by atoms with Crippen LogP contribution in [0.4, 0.5) is 0 Å². The van der Waals surface area contributed by atoms with E-state index in [2.05, 4.69) is 17.0 Å². The molecule has 0 aliphatic carbocycles. The summed E-state index contributed by atoms with van der Waals surface area (Å²) in [4.78, 5) is 2.34. The minimum atomic E-state index is 0.314. The highest BCUT2D eigenvalue weighted by Crippen LogP contribution is 2.20. The number of likely N-dealkylation sites (tertiary alicyclic amines) is 1. The molecule has 0 spiro atoms. The number of nitrogens with zero attached hydrogens (tertiary/aromatic N) is 2. The first kappa shape index (κ1) is 12.9. The highest BCUT2D eigenvalue weighted by molar-refractivity contribution is 5.87. The molecule has 0 amide bonds. The molecule has 18 heavy (non-hydrogen) atoms. The molecule has 2 rings (SSSR count). The van der Waals surface area contributed by atoms with E-state index in [1.807, 2.05) is 12.1 Å². The summed E-state index contributed by atoms with van der Waals surface area (Å²) in [7, 11) is 0. The highest BCUT2D eigenvalue weighted by atomic mass is 16.4. The van der Waals surface area contributed by atoms with Gasteiger partial charge in [-0.3, -0.25) is 4.90 Å². The zero-order chi connectivity index (χ0) is 13.0. The molecule has 1 aromatic rings. The number of aromatic hydroxyl groups is 1. The number of benzene rings is 1. The Morgan fingerprint density at radius 2 is 2.28 bits per heavy atom. The van der Waals surface area contributed by atoms with Crippen molar-refractivity contribution in [3.05, 3.63) is 29.8 Å². The van der Waals surface area contributed by atoms with Gasteiger partial charge >= 0.3 is 0 Å². The van der Waals surface area contributed by atoms with Gasteiger partial charge in [0.1, 0.15) is 5.75 Å². The fourth-order valence-corrected chi connectivity index (χ4v) is 2.54. The molecule has 1 fully saturated rings. The number of phenolic OH excluding ortho intramolecular Hbond substituents is 1. The van der Waals surface area contributed by atoms with Crippen molar-refractivity contribution >= 4 is 5.71 Å². The largest absolute Gasteiger partial charge is 0.508 e. The van der Waals surface area contributed by atoms with Crippen molar-refractivity contribution in [3.8, 4) is 5.75 Å². The molecular weight excluding hydrogens is 228 g/mol. The number of hydrogen-bond donors (Lipinski definition) is 2. The fraction of sp³-hybridized carbons (Fsp3) is 0.500. The van der Waals surface area contributed by atoms with Gasteiger partial charge in [-0.05, 0) is 24.1 Å². The Labute approximate surface area is 108 Å². The van der Waals surface area contributed by atoms with Crippen LogP contribution in [0.5, 0.6) is 5.75 Å². The standard InChI is InChI=1S/C14H20N2O2/c1-2-12-10-16(7-6-14(12)15-18)9-11-4-3-5-13(17)8-11/h3-5,8,12,17-18H,2,6-7,9-10H2,1H3/b15-14+. The zero-order valence-corrected chi connectivity index (χ0v) is 10.7. The SMILES string of the molecule is CCC1CN(Cc2cccc(O)c2)CC/C1=N\O. The van der Waals surface area contributed by atoms with Crippen LogP contribution >= 0.6 is 0 Å². The van der Waals surface area contributed by atoms with E-state index in [-0.39, 0.29) is 0 Å². The summed E-state index contributed by atoms with van der Waals surface area (Å²) < 4.78 is 0. The van der Waals surface area contributed by atoms with Gasteiger partial charge < -0.3 is 10.3 Å². The fourth-order valence-electron chi connectivity index (χ4n) is 2.54. The lowest BCUT2D eigenvalue weighted by Crippen LogP contribution is -2.40. The van der Waals surface area contributed by atoms with Gasteiger partial charge in [0.25, 0.3) is 0 Å². The number of oxime groups is 1. The van der Waals surface area contributed by atoms with Gasteiger partial charge in [0.05, 0.1) is 5.71 Å². The quantitative estimate of drug-likeness (QED) is 0.638. The predicted molar refractivity (Wildman–Crippen MR) is 71.0 cm³/mol. The van der Waals surface area contributed by atoms with Crippen molar-refractivity contribution < 1.29 is 10.3 Å². The second kappa shape index (κ2) is 5.87. The van der Waals surface area contributed by atoms with E-state index in [9.17, 15) is 5.11 Å². The number of hydrogen-bond acceptors (Lipinski definition) is 4. The maximum Gasteiger partial charge on any atom is 0.115 e. The summed E-state index contributed by atoms with van der Waals surface area (Å²) in [6.45, 7) is 4.79. The second-order valence-electron chi connectivity index (χ2n) is 4.85. The van der Waals surface area contributed by atoms with Crippen LogP contribution in [0.25, 0.3) is 0 Å². The van der Waals surface area contributed by atoms with Crippen molar-refractivity contribution in [2.75, 3.05) is 13.1 Å². The average molecular weight is 248 g/mol. The molecule has 1 aliphatic heterocycles. The summed E-state index contributed by atoms with van der Waals surface area (Å²) in [6.07, 6.45) is 1.82. The Kier molecular flexibility index (Phi) is 4.20. The van der Waals surface area contributed by atoms with E-state index in [1.54, 1.807) is 12.1 Å². The first-order valence-electron chi connectivity index (χ1n) is 6.44. The molecule has 1 atom stereocenters. The molecule has 2 N–H and O–H groups in total. The summed E-state index contributed by atoms with van der Waals surface area (Å²) in [5.41, 5.74) is 2.04. The van der Waals surface area contributed by atoms with Crippen molar-refractivity contribution in [2.45, 2.75) is 26.3 Å². The van der Waals surface area contributed by atoms with Gasteiger partial charge in [-0.25, -0.2) is 0 Å². The maximum absolute atomic E-state index is 9.45. The molecule has 1 saturated heterocycles. The van der Waals surface area contributed by atoms with Gasteiger partial charge in [0.2, 0.25) is 0 Å². The summed E-state index contributed by atoms with van der Waals surface area (Å²) >= 11 is 0. The van der Waals surface area contributed by atoms with Gasteiger partial charge in [0.15, 0.2) is 0 Å². The molecule has 1 unspecified atom stereocenters. The summed E-state index contributed by atoms with van der Waals surface area (Å²) in [5, 5.41) is 21.8. The van der Waals surface area contributed by atoms with Crippen LogP contribution in [0.15, 0.2) is 29.4 Å². The van der Waals surface area contributed by atoms with E-state index < -0.39 is 0 Å². The van der Waals surface area contributed by atoms with Crippen molar-refractivity contribution in [2.24, 2.45) is 11.1 Å². The average Bonchev–Trinajstić information content (AvgIpc) is 2.38. The molecule has 1 aromatic carbocycles. The van der Waals surface area contributed by atoms with Gasteiger partial charge in [-0.2, -0.15) is 0 Å². The topological polar surface area (TPSA) is 56.1 Å². The monoisotopic (exact) mass is 248 g/mol. The van der Waals surface area contributed by atoms with Crippen LogP contribution in [0.1, 0.15) is 25.3 Å². The van der Waals surface area contributed by atoms with Gasteiger partial charge in [-0.1, -0.05) is 24.2 Å². The molecule has 4 nitrogen and oxygen atoms in total. The maximum atomic E-state index is 9.45. The number of phenols is 1. The molecule has 0 aromatic heterocycles. The van der Waals surface area contributed by atoms with Gasteiger partial charge in [0, 0.05) is 32.0 Å². The van der Waals surface area contributed by atoms with Crippen LogP contribution in [0, 0.1) is 5.92 Å². The number of rotatable bonds is 3. The molecule has 1 aliphatic rings. The summed E-state index contributed by atoms with van der Waals surface area (Å²) in [6, 6.07) is 7.38. The Morgan fingerprint density at radius 3 is 2.94 bits per heavy atom. The van der Waals surface area contributed by atoms with Crippen LogP contribution in [-0.2, 0) is 6.54 Å². The lowest BCUT2D eigenvalue weighted by Gasteiger charge is -2.32. The normalized spacial score (nSPS) is 23.4. The Hall–Kier alpha value is -1.55. The smallest absolute Gasteiger partial charge is 0.115 e. The third-order valence-corrected chi connectivity index (χ3v) is 3.57. The van der Waals surface area contributed by atoms with E-state index in [4.69, 9.17) is 5.21 Å². The Balaban J connectivity index is 1.99. The zero-order valence-electron chi connectivity index (χ0n) is 10.7. The van der Waals surface area contributed by atoms with E-state index >= 15 is 0 Å². The third kappa shape index (κ3) is 3.01. The molecule has 98 valence electrons. The van der Waals surface area contributed by atoms with Gasteiger partial charge in [-0.15, -0.1) is 0 Å². The molecule has 0 saturated carbocycles. The van der Waals surface area contributed by atoms with Crippen LogP contribution in [0.3, 0.4) is 0 Å². The minimum absolute atomic E-state index is 0.314. The molecule has 0 bridgehead atoms. The molecule has 4 heteroatoms. The van der Waals surface area contributed by atoms with E-state index in [0.29, 0.717) is 11.7 Å². The van der Waals surface area contributed by atoms with Crippen LogP contribution in [0.2, 0.25) is 0 Å². The van der Waals surface area contributed by atoms with Crippen molar-refractivity contribution in [1.29, 1.82) is 0 Å². The number of piperidine rings is 1. The lowest BCUT2D eigenvalue weighted by molar-refractivity contribution is 0.220. The van der Waals surface area contributed by atoms with E-state index in [1.165, 1.54) is 0 Å². The highest BCUT2D eigenvalue weighted by Gasteiger charge is 2.24. The molecule has 1 heterocycles. The lowest BCUT2D eigenvalue weighted by atomic mass is 9.93. The molecule has 0 radical (unpaired) electrons. The first-order valence-corrected chi connectivity index (χ1v) is 6.44. The summed E-state index contributed by atoms with van der Waals surface area (Å²) in [5.74, 6) is 0.662. The second-order valence-corrected chi connectivity index (χ2v) is 4.85. The minimum Gasteiger partial charge on any atom is -0.508 e. The van der Waals surface area contributed by atoms with Crippen molar-refractivity contribution in [3.63, 3.8) is 0 Å². The van der Waals surface area contributed by atoms with Crippen LogP contribution < -0.4 is 0 Å². The Morgan fingerprint density at radius 1 is 1.44 bits per heavy atom. The first-order chi connectivity index (χ1) is 8.72.